The minimum absolute atomic E-state index is 0.268. The first-order valence-corrected chi connectivity index (χ1v) is 6.26. The molecule has 0 aromatic carbocycles. The maximum absolute atomic E-state index is 12.0. The Kier molecular flexibility index (Phi) is 4.78. The summed E-state index contributed by atoms with van der Waals surface area (Å²) in [7, 11) is 0. The summed E-state index contributed by atoms with van der Waals surface area (Å²) >= 11 is 0. The first-order chi connectivity index (χ1) is 7.57. The van der Waals surface area contributed by atoms with Gasteiger partial charge in [0.05, 0.1) is 5.69 Å². The standard InChI is InChI=1S/C14H23NO/c1-5-6-7-8-9-13(16)14-11(3)10(2)12(4)15-14/h15H,5-9H2,1-4H3. The number of aromatic amines is 1. The number of carbonyl (C=O) groups excluding carboxylic acids is 1. The van der Waals surface area contributed by atoms with Crippen molar-refractivity contribution in [2.45, 2.75) is 59.8 Å². The van der Waals surface area contributed by atoms with E-state index >= 15 is 0 Å². The molecule has 0 radical (unpaired) electrons. The molecule has 1 heterocycles. The van der Waals surface area contributed by atoms with E-state index in [1.165, 1.54) is 24.8 Å². The van der Waals surface area contributed by atoms with Crippen LogP contribution in [0.2, 0.25) is 0 Å². The van der Waals surface area contributed by atoms with Crippen LogP contribution in [0.3, 0.4) is 0 Å². The van der Waals surface area contributed by atoms with Gasteiger partial charge in [0, 0.05) is 12.1 Å². The molecule has 0 aliphatic heterocycles. The smallest absolute Gasteiger partial charge is 0.179 e. The Labute approximate surface area is 98.5 Å². The average molecular weight is 221 g/mol. The van der Waals surface area contributed by atoms with Crippen molar-refractivity contribution in [3.8, 4) is 0 Å². The summed E-state index contributed by atoms with van der Waals surface area (Å²) in [6.45, 7) is 8.30. The van der Waals surface area contributed by atoms with Crippen LogP contribution in [-0.2, 0) is 0 Å². The molecule has 0 unspecified atom stereocenters. The van der Waals surface area contributed by atoms with E-state index in [9.17, 15) is 4.79 Å². The van der Waals surface area contributed by atoms with Crippen LogP contribution in [-0.4, -0.2) is 10.8 Å². The molecule has 16 heavy (non-hydrogen) atoms. The number of unbranched alkanes of at least 4 members (excludes halogenated alkanes) is 3. The fraction of sp³-hybridized carbons (Fsp3) is 0.643. The third kappa shape index (κ3) is 2.97. The lowest BCUT2D eigenvalue weighted by atomic mass is 10.0. The van der Waals surface area contributed by atoms with E-state index in [1.54, 1.807) is 0 Å². The maximum Gasteiger partial charge on any atom is 0.179 e. The van der Waals surface area contributed by atoms with E-state index < -0.39 is 0 Å². The number of hydrogen-bond acceptors (Lipinski definition) is 1. The molecule has 0 saturated heterocycles. The topological polar surface area (TPSA) is 32.9 Å². The molecule has 1 aromatic rings. The minimum Gasteiger partial charge on any atom is -0.356 e. The van der Waals surface area contributed by atoms with Crippen LogP contribution in [0.4, 0.5) is 0 Å². The SMILES string of the molecule is CCCCCCC(=O)c1[nH]c(C)c(C)c1C. The van der Waals surface area contributed by atoms with E-state index in [0.29, 0.717) is 6.42 Å². The zero-order valence-electron chi connectivity index (χ0n) is 10.9. The Morgan fingerprint density at radius 1 is 1.06 bits per heavy atom. The molecule has 0 spiro atoms. The Balaban J connectivity index is 2.56. The van der Waals surface area contributed by atoms with E-state index in [-0.39, 0.29) is 5.78 Å². The van der Waals surface area contributed by atoms with Crippen molar-refractivity contribution < 1.29 is 4.79 Å². The molecular weight excluding hydrogens is 198 g/mol. The Bertz CT molecular complexity index is 363. The third-order valence-corrected chi connectivity index (χ3v) is 3.35. The summed E-state index contributed by atoms with van der Waals surface area (Å²) < 4.78 is 0. The van der Waals surface area contributed by atoms with E-state index in [0.717, 1.165) is 23.4 Å². The molecule has 1 N–H and O–H groups in total. The molecule has 1 aromatic heterocycles. The third-order valence-electron chi connectivity index (χ3n) is 3.35. The van der Waals surface area contributed by atoms with Crippen LogP contribution in [0.15, 0.2) is 0 Å². The lowest BCUT2D eigenvalue weighted by Crippen LogP contribution is -2.01. The quantitative estimate of drug-likeness (QED) is 0.569. The van der Waals surface area contributed by atoms with Gasteiger partial charge < -0.3 is 4.98 Å². The number of H-pyrrole nitrogens is 1. The number of Topliss-reactive ketones (excluding diaryl/α,β-unsaturated/α-hetero) is 1. The number of hydrogen-bond donors (Lipinski definition) is 1. The van der Waals surface area contributed by atoms with Crippen molar-refractivity contribution in [2.24, 2.45) is 0 Å². The highest BCUT2D eigenvalue weighted by atomic mass is 16.1. The Morgan fingerprint density at radius 3 is 2.25 bits per heavy atom. The first-order valence-electron chi connectivity index (χ1n) is 6.26. The predicted octanol–water partition coefficient (Wildman–Crippen LogP) is 4.09. The molecule has 90 valence electrons. The molecule has 2 nitrogen and oxygen atoms in total. The zero-order valence-corrected chi connectivity index (χ0v) is 10.9. The van der Waals surface area contributed by atoms with Crippen molar-refractivity contribution in [1.82, 2.24) is 4.98 Å². The van der Waals surface area contributed by atoms with Gasteiger partial charge >= 0.3 is 0 Å². The zero-order chi connectivity index (χ0) is 12.1. The van der Waals surface area contributed by atoms with Gasteiger partial charge in [-0.2, -0.15) is 0 Å². The number of nitrogens with one attached hydrogen (secondary N) is 1. The molecule has 0 atom stereocenters. The first kappa shape index (κ1) is 13.0. The summed E-state index contributed by atoms with van der Waals surface area (Å²) in [5, 5.41) is 0. The van der Waals surface area contributed by atoms with Crippen molar-refractivity contribution in [2.75, 3.05) is 0 Å². The van der Waals surface area contributed by atoms with Crippen LogP contribution >= 0.6 is 0 Å². The largest absolute Gasteiger partial charge is 0.356 e. The van der Waals surface area contributed by atoms with Gasteiger partial charge in [0.1, 0.15) is 0 Å². The Hall–Kier alpha value is -1.05. The van der Waals surface area contributed by atoms with Crippen LogP contribution in [0, 0.1) is 20.8 Å². The van der Waals surface area contributed by atoms with Crippen LogP contribution in [0.1, 0.15) is 66.3 Å². The second kappa shape index (κ2) is 5.88. The van der Waals surface area contributed by atoms with Gasteiger partial charge in [-0.25, -0.2) is 0 Å². The second-order valence-corrected chi connectivity index (χ2v) is 4.61. The molecule has 1 rings (SSSR count). The number of aryl methyl sites for hydroxylation is 1. The molecule has 0 fully saturated rings. The van der Waals surface area contributed by atoms with Gasteiger partial charge in [-0.15, -0.1) is 0 Å². The van der Waals surface area contributed by atoms with Gasteiger partial charge in [0.15, 0.2) is 5.78 Å². The fourth-order valence-corrected chi connectivity index (χ4v) is 1.96. The number of ketones is 1. The maximum atomic E-state index is 12.0. The van der Waals surface area contributed by atoms with Crippen LogP contribution in [0.25, 0.3) is 0 Å². The monoisotopic (exact) mass is 221 g/mol. The van der Waals surface area contributed by atoms with Crippen LogP contribution in [0.5, 0.6) is 0 Å². The fourth-order valence-electron chi connectivity index (χ4n) is 1.96. The van der Waals surface area contributed by atoms with Gasteiger partial charge in [0.2, 0.25) is 0 Å². The highest BCUT2D eigenvalue weighted by molar-refractivity contribution is 5.96. The van der Waals surface area contributed by atoms with Gasteiger partial charge in [0.25, 0.3) is 0 Å². The summed E-state index contributed by atoms with van der Waals surface area (Å²) in [5.74, 6) is 0.268. The molecular formula is C14H23NO. The van der Waals surface area contributed by atoms with Gasteiger partial charge in [-0.3, -0.25) is 4.79 Å². The summed E-state index contributed by atoms with van der Waals surface area (Å²) in [4.78, 5) is 15.2. The number of rotatable bonds is 6. The van der Waals surface area contributed by atoms with Crippen molar-refractivity contribution in [3.05, 3.63) is 22.5 Å². The molecule has 0 amide bonds. The normalized spacial score (nSPS) is 10.8. The molecule has 0 saturated carbocycles. The van der Waals surface area contributed by atoms with E-state index in [4.69, 9.17) is 0 Å². The Morgan fingerprint density at radius 2 is 1.75 bits per heavy atom. The van der Waals surface area contributed by atoms with E-state index in [2.05, 4.69) is 18.8 Å². The summed E-state index contributed by atoms with van der Waals surface area (Å²) in [6, 6.07) is 0. The van der Waals surface area contributed by atoms with Crippen molar-refractivity contribution in [3.63, 3.8) is 0 Å². The molecule has 0 bridgehead atoms. The van der Waals surface area contributed by atoms with Crippen molar-refractivity contribution >= 4 is 5.78 Å². The average Bonchev–Trinajstić information content (AvgIpc) is 2.52. The lowest BCUT2D eigenvalue weighted by Gasteiger charge is -2.00. The van der Waals surface area contributed by atoms with E-state index in [1.807, 2.05) is 13.8 Å². The molecule has 0 aliphatic carbocycles. The summed E-state index contributed by atoms with van der Waals surface area (Å²) in [6.07, 6.45) is 5.31. The van der Waals surface area contributed by atoms with Gasteiger partial charge in [-0.1, -0.05) is 26.2 Å². The van der Waals surface area contributed by atoms with Crippen molar-refractivity contribution in [1.29, 1.82) is 0 Å². The number of carbonyl (C=O) groups is 1. The minimum atomic E-state index is 0.268. The molecule has 0 aliphatic rings. The second-order valence-electron chi connectivity index (χ2n) is 4.61. The van der Waals surface area contributed by atoms with Crippen LogP contribution < -0.4 is 0 Å². The highest BCUT2D eigenvalue weighted by Gasteiger charge is 2.14. The summed E-state index contributed by atoms with van der Waals surface area (Å²) in [5.41, 5.74) is 4.29. The molecule has 2 heteroatoms. The van der Waals surface area contributed by atoms with Gasteiger partial charge in [-0.05, 0) is 38.3 Å². The lowest BCUT2D eigenvalue weighted by molar-refractivity contribution is 0.0974. The number of aromatic nitrogens is 1. The highest BCUT2D eigenvalue weighted by Crippen LogP contribution is 2.18. The predicted molar refractivity (Wildman–Crippen MR) is 68.1 cm³/mol.